The van der Waals surface area contributed by atoms with E-state index in [0.29, 0.717) is 5.56 Å². The summed E-state index contributed by atoms with van der Waals surface area (Å²) in [4.78, 5) is 21.7. The molecule has 0 bridgehead atoms. The van der Waals surface area contributed by atoms with Crippen molar-refractivity contribution in [3.05, 3.63) is 47.3 Å². The summed E-state index contributed by atoms with van der Waals surface area (Å²) in [5, 5.41) is 43.6. The topological polar surface area (TPSA) is 146 Å². The van der Waals surface area contributed by atoms with Gasteiger partial charge in [-0.1, -0.05) is 17.3 Å². The predicted molar refractivity (Wildman–Crippen MR) is 73.3 cm³/mol. The molecule has 2 rings (SSSR count). The third-order valence-corrected chi connectivity index (χ3v) is 3.03. The molecule has 22 heavy (non-hydrogen) atoms. The van der Waals surface area contributed by atoms with Crippen molar-refractivity contribution >= 4 is 19.1 Å². The lowest BCUT2D eigenvalue weighted by Gasteiger charge is -2.15. The fourth-order valence-corrected chi connectivity index (χ4v) is 1.95. The average Bonchev–Trinajstić information content (AvgIpc) is 2.94. The molecule has 1 aromatic carbocycles. The van der Waals surface area contributed by atoms with Crippen LogP contribution in [0, 0.1) is 0 Å². The monoisotopic (exact) mass is 305 g/mol. The lowest BCUT2D eigenvalue weighted by Crippen LogP contribution is -2.31. The van der Waals surface area contributed by atoms with Gasteiger partial charge < -0.3 is 20.3 Å². The second-order valence-corrected chi connectivity index (χ2v) is 4.58. The molecular weight excluding hydrogens is 293 g/mol. The van der Waals surface area contributed by atoms with E-state index in [0.717, 1.165) is 10.9 Å². The molecule has 0 spiro atoms. The van der Waals surface area contributed by atoms with Crippen LogP contribution in [0.25, 0.3) is 0 Å². The molecular formula is C12H12BN3O6. The molecule has 0 saturated heterocycles. The molecule has 0 unspecified atom stereocenters. The van der Waals surface area contributed by atoms with Crippen molar-refractivity contribution in [2.24, 2.45) is 0 Å². The molecule has 0 amide bonds. The van der Waals surface area contributed by atoms with Crippen LogP contribution in [0.3, 0.4) is 0 Å². The Labute approximate surface area is 124 Å². The third kappa shape index (κ3) is 3.48. The number of carbonyl (C=O) groups is 2. The van der Waals surface area contributed by atoms with E-state index in [-0.39, 0.29) is 17.7 Å². The summed E-state index contributed by atoms with van der Waals surface area (Å²) in [5.41, 5.74) is 0.267. The highest BCUT2D eigenvalue weighted by Gasteiger charge is 2.28. The van der Waals surface area contributed by atoms with Crippen LogP contribution < -0.4 is 0 Å². The summed E-state index contributed by atoms with van der Waals surface area (Å²) in [5.74, 6) is -3.38. The van der Waals surface area contributed by atoms with Crippen molar-refractivity contribution in [3.8, 4) is 0 Å². The van der Waals surface area contributed by atoms with Gasteiger partial charge in [-0.15, -0.1) is 5.10 Å². The Bertz CT molecular complexity index is 702. The largest absolute Gasteiger partial charge is 0.478 e. The quantitative estimate of drug-likeness (QED) is 0.521. The van der Waals surface area contributed by atoms with Crippen LogP contribution in [0.1, 0.15) is 32.4 Å². The maximum absolute atomic E-state index is 10.9. The zero-order chi connectivity index (χ0) is 16.3. The summed E-state index contributed by atoms with van der Waals surface area (Å²) in [6.07, 6.45) is 1.12. The second-order valence-electron chi connectivity index (χ2n) is 4.58. The third-order valence-electron chi connectivity index (χ3n) is 3.03. The van der Waals surface area contributed by atoms with Crippen molar-refractivity contribution in [2.45, 2.75) is 12.4 Å². The van der Waals surface area contributed by atoms with Crippen LogP contribution in [-0.4, -0.2) is 54.3 Å². The van der Waals surface area contributed by atoms with E-state index in [4.69, 9.17) is 10.2 Å². The normalized spacial score (nSPS) is 11.9. The molecule has 4 N–H and O–H groups in total. The number of rotatable bonds is 6. The molecule has 1 atom stereocenters. The van der Waals surface area contributed by atoms with E-state index in [9.17, 15) is 19.6 Å². The Balaban J connectivity index is 2.27. The van der Waals surface area contributed by atoms with Gasteiger partial charge in [0.05, 0.1) is 17.7 Å². The summed E-state index contributed by atoms with van der Waals surface area (Å²) in [6, 6.07) is 5.96. The first-order valence-corrected chi connectivity index (χ1v) is 6.22. The predicted octanol–water partition coefficient (Wildman–Crippen LogP) is -0.530. The van der Waals surface area contributed by atoms with E-state index >= 15 is 0 Å². The van der Waals surface area contributed by atoms with Gasteiger partial charge in [0.15, 0.2) is 5.69 Å². The molecule has 114 valence electrons. The highest BCUT2D eigenvalue weighted by Crippen LogP contribution is 2.16. The van der Waals surface area contributed by atoms with Crippen molar-refractivity contribution in [2.75, 3.05) is 0 Å². The van der Waals surface area contributed by atoms with Gasteiger partial charge in [0, 0.05) is 0 Å². The molecule has 0 fully saturated rings. The van der Waals surface area contributed by atoms with E-state index in [1.165, 1.54) is 18.2 Å². The Hall–Kier alpha value is -2.72. The van der Waals surface area contributed by atoms with Crippen molar-refractivity contribution in [1.82, 2.24) is 15.0 Å². The van der Waals surface area contributed by atoms with E-state index in [1.807, 2.05) is 0 Å². The molecule has 2 aromatic rings. The zero-order valence-electron chi connectivity index (χ0n) is 11.2. The smallest absolute Gasteiger partial charge is 0.478 e. The lowest BCUT2D eigenvalue weighted by atomic mass is 9.76. The van der Waals surface area contributed by atoms with Gasteiger partial charge >= 0.3 is 19.1 Å². The Morgan fingerprint density at radius 1 is 1.23 bits per heavy atom. The van der Waals surface area contributed by atoms with Crippen molar-refractivity contribution in [3.63, 3.8) is 0 Å². The minimum Gasteiger partial charge on any atom is -0.478 e. The van der Waals surface area contributed by atoms with Gasteiger partial charge in [0.1, 0.15) is 0 Å². The number of carboxylic acid groups (broad SMARTS) is 2. The lowest BCUT2D eigenvalue weighted by molar-refractivity contribution is 0.0682. The van der Waals surface area contributed by atoms with E-state index < -0.39 is 25.0 Å². The Kier molecular flexibility index (Phi) is 4.54. The van der Waals surface area contributed by atoms with Gasteiger partial charge in [0.2, 0.25) is 0 Å². The highest BCUT2D eigenvalue weighted by molar-refractivity contribution is 6.42. The summed E-state index contributed by atoms with van der Waals surface area (Å²) in [6.45, 7) is 0. The van der Waals surface area contributed by atoms with Crippen LogP contribution >= 0.6 is 0 Å². The molecule has 10 heteroatoms. The van der Waals surface area contributed by atoms with Crippen LogP contribution in [0.2, 0.25) is 0 Å². The van der Waals surface area contributed by atoms with Gasteiger partial charge in [-0.05, 0) is 24.1 Å². The molecule has 0 aliphatic carbocycles. The molecule has 1 heterocycles. The molecule has 0 saturated carbocycles. The van der Waals surface area contributed by atoms with E-state index in [1.54, 1.807) is 6.07 Å². The molecule has 0 aliphatic heterocycles. The van der Waals surface area contributed by atoms with Gasteiger partial charge in [-0.2, -0.15) is 0 Å². The van der Waals surface area contributed by atoms with Gasteiger partial charge in [0.25, 0.3) is 0 Å². The fraction of sp³-hybridized carbons (Fsp3) is 0.167. The number of nitrogens with zero attached hydrogens (tertiary/aromatic N) is 3. The summed E-state index contributed by atoms with van der Waals surface area (Å²) >= 11 is 0. The van der Waals surface area contributed by atoms with Crippen molar-refractivity contribution in [1.29, 1.82) is 0 Å². The standard InChI is InChI=1S/C12H12BN3O6/c17-11(18)8-3-1-2-7(4-8)5-10(13(21)22)16-6-9(12(19)20)14-15-16/h1-4,6,10,21-22H,5H2,(H,17,18)(H,19,20)/t10-/m0/s1. The molecule has 9 nitrogen and oxygen atoms in total. The zero-order valence-corrected chi connectivity index (χ0v) is 11.2. The minimum absolute atomic E-state index is 0.0429. The second kappa shape index (κ2) is 6.37. The molecule has 1 aromatic heterocycles. The van der Waals surface area contributed by atoms with Crippen molar-refractivity contribution < 1.29 is 29.9 Å². The maximum Gasteiger partial charge on any atom is 0.478 e. The number of carboxylic acids is 2. The van der Waals surface area contributed by atoms with Crippen LogP contribution in [0.5, 0.6) is 0 Å². The van der Waals surface area contributed by atoms with E-state index in [2.05, 4.69) is 10.3 Å². The van der Waals surface area contributed by atoms with Crippen LogP contribution in [0.15, 0.2) is 30.5 Å². The van der Waals surface area contributed by atoms with Gasteiger partial charge in [-0.3, -0.25) is 4.68 Å². The number of aromatic carboxylic acids is 2. The minimum atomic E-state index is -1.82. The SMILES string of the molecule is O=C(O)c1cccc(C[C@@H](B(O)O)n2cc(C(=O)O)nn2)c1. The summed E-state index contributed by atoms with van der Waals surface area (Å²) < 4.78 is 1.03. The summed E-state index contributed by atoms with van der Waals surface area (Å²) in [7, 11) is -1.82. The number of hydrogen-bond acceptors (Lipinski definition) is 6. The van der Waals surface area contributed by atoms with Gasteiger partial charge in [-0.25, -0.2) is 9.59 Å². The van der Waals surface area contributed by atoms with Crippen LogP contribution in [0.4, 0.5) is 0 Å². The molecule has 0 aliphatic rings. The Morgan fingerprint density at radius 3 is 2.50 bits per heavy atom. The first-order valence-electron chi connectivity index (χ1n) is 6.22. The Morgan fingerprint density at radius 2 is 1.95 bits per heavy atom. The first-order chi connectivity index (χ1) is 10.4. The number of benzene rings is 1. The number of aromatic nitrogens is 3. The average molecular weight is 305 g/mol. The molecule has 0 radical (unpaired) electrons. The fourth-order valence-electron chi connectivity index (χ4n) is 1.95. The van der Waals surface area contributed by atoms with Crippen LogP contribution in [-0.2, 0) is 6.42 Å². The first kappa shape index (κ1) is 15.7. The maximum atomic E-state index is 10.9. The highest BCUT2D eigenvalue weighted by atomic mass is 16.4. The number of hydrogen-bond donors (Lipinski definition) is 4.